The third-order valence-corrected chi connectivity index (χ3v) is 0. The van der Waals surface area contributed by atoms with Crippen LogP contribution in [0.1, 0.15) is 0 Å². The summed E-state index contributed by atoms with van der Waals surface area (Å²) in [5, 5.41) is 0. The minimum Gasteiger partial charge on any atom is -0.0149 e. The van der Waals surface area contributed by atoms with E-state index in [1.165, 1.54) is 0 Å². The van der Waals surface area contributed by atoms with Gasteiger partial charge in [0, 0.05) is 0 Å². The van der Waals surface area contributed by atoms with Crippen molar-refractivity contribution in [3.05, 3.63) is 0 Å². The van der Waals surface area contributed by atoms with E-state index in [9.17, 15) is 0 Å². The Bertz CT molecular complexity index is 27.0. The van der Waals surface area contributed by atoms with Crippen LogP contribution in [0.5, 0.6) is 0 Å². The van der Waals surface area contributed by atoms with Crippen LogP contribution in [0.25, 0.3) is 0 Å². The van der Waals surface area contributed by atoms with Gasteiger partial charge in [-0.1, -0.05) is 0 Å². The van der Waals surface area contributed by atoms with Gasteiger partial charge in [-0.25, -0.2) is 0 Å². The van der Waals surface area contributed by atoms with Gasteiger partial charge in [0.05, 0.1) is 0 Å². The van der Waals surface area contributed by atoms with E-state index in [1.807, 2.05) is 0 Å². The van der Waals surface area contributed by atoms with Crippen LogP contribution in [-0.2, 0) is 28.9 Å². The summed E-state index contributed by atoms with van der Waals surface area (Å²) in [4.78, 5) is 0. The molecule has 2 nitrogen and oxygen atoms in total. The minimum atomic E-state index is -2.27. The molecule has 0 aliphatic carbocycles. The van der Waals surface area contributed by atoms with Gasteiger partial charge < -0.3 is 0 Å². The molecule has 0 aromatic rings. The zero-order valence-electron chi connectivity index (χ0n) is 1.32. The van der Waals surface area contributed by atoms with Gasteiger partial charge in [-0.15, -0.1) is 0 Å². The Kier molecular flexibility index (Phi) is 20.6. The summed E-state index contributed by atoms with van der Waals surface area (Å²) < 4.78 is 17.1. The summed E-state index contributed by atoms with van der Waals surface area (Å²) in [5.41, 5.74) is 0. The fraction of sp³-hybridized carbons (Fsp3) is 0. The molecule has 0 N–H and O–H groups in total. The number of rotatable bonds is 0. The first-order valence-electron chi connectivity index (χ1n) is 0.408. The average molecular weight is 155 g/mol. The van der Waals surface area contributed by atoms with E-state index in [0.717, 1.165) is 0 Å². The van der Waals surface area contributed by atoms with Gasteiger partial charge in [-0.2, -0.15) is 0 Å². The van der Waals surface area contributed by atoms with Crippen LogP contribution in [0.4, 0.5) is 0 Å². The van der Waals surface area contributed by atoms with E-state index < -0.39 is 23.2 Å². The summed E-state index contributed by atoms with van der Waals surface area (Å²) in [6.07, 6.45) is 0. The Hall–Kier alpha value is 0.700. The van der Waals surface area contributed by atoms with E-state index in [1.54, 1.807) is 0 Å². The van der Waals surface area contributed by atoms with Crippen molar-refractivity contribution in [1.29, 1.82) is 0 Å². The molecule has 0 radical (unpaired) electrons. The van der Waals surface area contributed by atoms with E-state index in [-0.39, 0.29) is 11.0 Å². The van der Waals surface area contributed by atoms with E-state index in [2.05, 4.69) is 0 Å². The van der Waals surface area contributed by atoms with Gasteiger partial charge >= 0.3 is 28.9 Å². The maximum Gasteiger partial charge on any atom is -0.0149 e. The van der Waals surface area contributed by atoms with Crippen LogP contribution in [-0.4, -0.2) is 11.0 Å². The predicted octanol–water partition coefficient (Wildman–Crippen LogP) is -1.69. The maximum absolute atomic E-state index is 8.54. The molecule has 0 rings (SSSR count). The molecule has 0 aliphatic rings. The molecule has 24 valence electrons. The number of hydrogen-bond donors (Lipinski definition) is 0. The average Bonchev–Trinajstić information content (AvgIpc) is 0.918. The third kappa shape index (κ3) is 15.9. The van der Waals surface area contributed by atoms with E-state index >= 15 is 0 Å². The van der Waals surface area contributed by atoms with Crippen molar-refractivity contribution >= 4 is 11.0 Å². The molecule has 0 aromatic carbocycles. The van der Waals surface area contributed by atoms with Crippen molar-refractivity contribution in [2.45, 2.75) is 0 Å². The molecule has 4 heteroatoms. The first-order chi connectivity index (χ1) is 1.41. The van der Waals surface area contributed by atoms with Crippen LogP contribution < -0.4 is 0 Å². The van der Waals surface area contributed by atoms with Crippen molar-refractivity contribution in [2.75, 3.05) is 0 Å². The molecule has 0 aliphatic heterocycles. The second-order valence-corrected chi connectivity index (χ2v) is 0.493. The van der Waals surface area contributed by atoms with Crippen molar-refractivity contribution < 1.29 is 28.9 Å². The van der Waals surface area contributed by atoms with Crippen molar-refractivity contribution in [3.8, 4) is 0 Å². The van der Waals surface area contributed by atoms with Gasteiger partial charge in [0.1, 0.15) is 0 Å². The Morgan fingerprint density at radius 2 is 1.25 bits per heavy atom. The second-order valence-electron chi connectivity index (χ2n) is 0.0833. The third-order valence-electron chi connectivity index (χ3n) is 0. The fourth-order valence-corrected chi connectivity index (χ4v) is 0. The fourth-order valence-electron chi connectivity index (χ4n) is 0. The quantitative estimate of drug-likeness (QED) is 0.391. The summed E-state index contributed by atoms with van der Waals surface area (Å²) in [5.74, 6) is 0. The van der Waals surface area contributed by atoms with Crippen LogP contribution in [0, 0.1) is 0 Å². The van der Waals surface area contributed by atoms with Crippen molar-refractivity contribution in [2.24, 2.45) is 0 Å². The summed E-state index contributed by atoms with van der Waals surface area (Å²) in [6.45, 7) is 0. The van der Waals surface area contributed by atoms with Gasteiger partial charge in [0.2, 0.25) is 0 Å². The van der Waals surface area contributed by atoms with Crippen LogP contribution >= 0.6 is 0 Å². The summed E-state index contributed by atoms with van der Waals surface area (Å²) in [6, 6.07) is 0. The zero-order chi connectivity index (χ0) is 2.71. The van der Waals surface area contributed by atoms with Crippen molar-refractivity contribution in [1.82, 2.24) is 0 Å². The van der Waals surface area contributed by atoms with Crippen LogP contribution in [0.2, 0.25) is 0 Å². The first kappa shape index (κ1) is 8.83. The summed E-state index contributed by atoms with van der Waals surface area (Å²) in [7, 11) is 0. The van der Waals surface area contributed by atoms with Gasteiger partial charge in [0.15, 0.2) is 0 Å². The van der Waals surface area contributed by atoms with Crippen LogP contribution in [0.3, 0.4) is 0 Å². The molecule has 0 bridgehead atoms. The molecular weight excluding hydrogens is 151 g/mol. The number of hydrogen-bond acceptors (Lipinski definition) is 2. The SMILES string of the molecule is [O]=[Zr]=[O].[SiH4]. The monoisotopic (exact) mass is 154 g/mol. The molecular formula is H4O2SiZr. The Labute approximate surface area is 40.1 Å². The molecule has 0 atom stereocenters. The Morgan fingerprint density at radius 1 is 1.25 bits per heavy atom. The van der Waals surface area contributed by atoms with E-state index in [0.29, 0.717) is 0 Å². The maximum atomic E-state index is 8.54. The Morgan fingerprint density at radius 3 is 1.25 bits per heavy atom. The van der Waals surface area contributed by atoms with Crippen molar-refractivity contribution in [3.63, 3.8) is 0 Å². The molecule has 0 spiro atoms. The molecule has 0 saturated carbocycles. The van der Waals surface area contributed by atoms with Gasteiger partial charge in [-0.05, 0) is 11.0 Å². The predicted molar refractivity (Wildman–Crippen MR) is 12.7 cm³/mol. The first-order valence-corrected chi connectivity index (χ1v) is 2.42. The summed E-state index contributed by atoms with van der Waals surface area (Å²) >= 11 is -2.27. The molecule has 0 fully saturated rings. The second kappa shape index (κ2) is 9.33. The standard InChI is InChI=1S/2O.H4Si.Zr/h;;1H4;. The topological polar surface area (TPSA) is 34.1 Å². The molecule has 0 saturated heterocycles. The molecule has 4 heavy (non-hydrogen) atoms. The smallest absolute Gasteiger partial charge is 0.0149 e. The van der Waals surface area contributed by atoms with E-state index in [4.69, 9.17) is 5.63 Å². The molecule has 0 unspecified atom stereocenters. The molecule has 0 amide bonds. The molecule has 0 aromatic heterocycles. The van der Waals surface area contributed by atoms with Gasteiger partial charge in [0.25, 0.3) is 0 Å². The van der Waals surface area contributed by atoms with Gasteiger partial charge in [-0.3, -0.25) is 0 Å². The largest absolute Gasteiger partial charge is 0.0149 e. The van der Waals surface area contributed by atoms with Crippen LogP contribution in [0.15, 0.2) is 0 Å². The molecule has 0 heterocycles. The zero-order valence-corrected chi connectivity index (χ0v) is 3.77. The Balaban J connectivity index is 0. The minimum absolute atomic E-state index is 0. The normalized spacial score (nSPS) is 2.00.